The number of carboxylic acid groups (broad SMARTS) is 1. The van der Waals surface area contributed by atoms with Crippen LogP contribution in [0.5, 0.6) is 0 Å². The molecule has 2 aromatic rings. The molecule has 0 unspecified atom stereocenters. The van der Waals surface area contributed by atoms with Gasteiger partial charge < -0.3 is 15.0 Å². The van der Waals surface area contributed by atoms with Gasteiger partial charge in [0.05, 0.1) is 0 Å². The molecule has 1 amide bonds. The van der Waals surface area contributed by atoms with Crippen LogP contribution in [0.1, 0.15) is 30.8 Å². The van der Waals surface area contributed by atoms with Crippen LogP contribution in [0.4, 0.5) is 0 Å². The highest BCUT2D eigenvalue weighted by atomic mass is 16.4. The number of carbonyl (C=O) groups is 2. The molecule has 2 rings (SSSR count). The molecule has 5 nitrogen and oxygen atoms in total. The summed E-state index contributed by atoms with van der Waals surface area (Å²) in [6.07, 6.45) is 0.896. The average Bonchev–Trinajstić information content (AvgIpc) is 2.78. The molecule has 0 fully saturated rings. The minimum absolute atomic E-state index is 0.357. The summed E-state index contributed by atoms with van der Waals surface area (Å²) in [4.78, 5) is 23.1. The maximum atomic E-state index is 12.2. The van der Waals surface area contributed by atoms with E-state index in [1.807, 2.05) is 35.8 Å². The van der Waals surface area contributed by atoms with Crippen molar-refractivity contribution in [2.75, 3.05) is 0 Å². The Morgan fingerprint density at radius 1 is 1.35 bits per heavy atom. The lowest BCUT2D eigenvalue weighted by molar-refractivity contribution is -0.138. The molecule has 0 aliphatic carbocycles. The van der Waals surface area contributed by atoms with Crippen LogP contribution in [0.25, 0.3) is 10.9 Å². The molecular weight excluding hydrogens is 256 g/mol. The lowest BCUT2D eigenvalue weighted by Gasteiger charge is -2.12. The van der Waals surface area contributed by atoms with Crippen LogP contribution < -0.4 is 5.32 Å². The summed E-state index contributed by atoms with van der Waals surface area (Å²) in [5, 5.41) is 12.3. The number of aryl methyl sites for hydroxylation is 1. The maximum absolute atomic E-state index is 12.2. The number of nitrogens with one attached hydrogen (secondary N) is 1. The molecule has 0 saturated carbocycles. The van der Waals surface area contributed by atoms with Gasteiger partial charge in [0.15, 0.2) is 0 Å². The molecular formula is C15H18N2O3. The third-order valence-electron chi connectivity index (χ3n) is 3.21. The van der Waals surface area contributed by atoms with Crippen molar-refractivity contribution in [3.63, 3.8) is 0 Å². The van der Waals surface area contributed by atoms with Gasteiger partial charge in [-0.15, -0.1) is 0 Å². The van der Waals surface area contributed by atoms with Crippen molar-refractivity contribution in [2.45, 2.75) is 32.9 Å². The molecule has 0 bridgehead atoms. The standard InChI is InChI=1S/C15H18N2O3/c1-3-8-17-12-7-5-4-6-11(12)9-13(17)14(18)16-10(2)15(19)20/h4-7,9-10H,3,8H2,1-2H3,(H,16,18)(H,19,20)/t10-/m0/s1. The number of benzene rings is 1. The quantitative estimate of drug-likeness (QED) is 0.878. The third-order valence-corrected chi connectivity index (χ3v) is 3.21. The van der Waals surface area contributed by atoms with E-state index in [1.54, 1.807) is 6.07 Å². The molecule has 20 heavy (non-hydrogen) atoms. The van der Waals surface area contributed by atoms with Gasteiger partial charge >= 0.3 is 5.97 Å². The van der Waals surface area contributed by atoms with Gasteiger partial charge in [0.1, 0.15) is 11.7 Å². The predicted molar refractivity (Wildman–Crippen MR) is 76.8 cm³/mol. The largest absolute Gasteiger partial charge is 0.480 e. The van der Waals surface area contributed by atoms with E-state index >= 15 is 0 Å². The second-order valence-electron chi connectivity index (χ2n) is 4.77. The van der Waals surface area contributed by atoms with E-state index < -0.39 is 12.0 Å². The Balaban J connectivity index is 2.39. The predicted octanol–water partition coefficient (Wildman–Crippen LogP) is 2.25. The molecule has 0 saturated heterocycles. The van der Waals surface area contributed by atoms with Crippen molar-refractivity contribution in [2.24, 2.45) is 0 Å². The van der Waals surface area contributed by atoms with Gasteiger partial charge in [-0.1, -0.05) is 25.1 Å². The molecule has 0 aliphatic heterocycles. The topological polar surface area (TPSA) is 71.3 Å². The first-order valence-corrected chi connectivity index (χ1v) is 6.66. The highest BCUT2D eigenvalue weighted by Crippen LogP contribution is 2.20. The van der Waals surface area contributed by atoms with Crippen LogP contribution in [0.15, 0.2) is 30.3 Å². The van der Waals surface area contributed by atoms with Gasteiger partial charge in [-0.2, -0.15) is 0 Å². The number of aliphatic carboxylic acids is 1. The summed E-state index contributed by atoms with van der Waals surface area (Å²) < 4.78 is 1.93. The summed E-state index contributed by atoms with van der Waals surface area (Å²) in [6.45, 7) is 4.21. The van der Waals surface area contributed by atoms with Gasteiger partial charge in [-0.3, -0.25) is 9.59 Å². The fourth-order valence-corrected chi connectivity index (χ4v) is 2.20. The summed E-state index contributed by atoms with van der Waals surface area (Å²) in [6, 6.07) is 8.64. The Morgan fingerprint density at radius 2 is 2.05 bits per heavy atom. The lowest BCUT2D eigenvalue weighted by Crippen LogP contribution is -2.39. The summed E-state index contributed by atoms with van der Waals surface area (Å²) >= 11 is 0. The van der Waals surface area contributed by atoms with Gasteiger partial charge in [0, 0.05) is 17.4 Å². The van der Waals surface area contributed by atoms with Crippen molar-refractivity contribution in [1.82, 2.24) is 9.88 Å². The smallest absolute Gasteiger partial charge is 0.325 e. The van der Waals surface area contributed by atoms with Crippen molar-refractivity contribution in [3.8, 4) is 0 Å². The van der Waals surface area contributed by atoms with Crippen LogP contribution in [0.2, 0.25) is 0 Å². The number of hydrogen-bond acceptors (Lipinski definition) is 2. The minimum atomic E-state index is -1.04. The number of rotatable bonds is 5. The van der Waals surface area contributed by atoms with Gasteiger partial charge in [-0.25, -0.2) is 0 Å². The normalized spacial score (nSPS) is 12.3. The molecule has 0 aliphatic rings. The number of hydrogen-bond donors (Lipinski definition) is 2. The zero-order valence-corrected chi connectivity index (χ0v) is 11.6. The van der Waals surface area contributed by atoms with Crippen molar-refractivity contribution >= 4 is 22.8 Å². The average molecular weight is 274 g/mol. The van der Waals surface area contributed by atoms with Crippen LogP contribution in [-0.2, 0) is 11.3 Å². The number of fused-ring (bicyclic) bond motifs is 1. The Bertz CT molecular complexity index is 646. The molecule has 1 aromatic heterocycles. The van der Waals surface area contributed by atoms with Crippen molar-refractivity contribution in [1.29, 1.82) is 0 Å². The summed E-state index contributed by atoms with van der Waals surface area (Å²) in [5.41, 5.74) is 1.49. The van der Waals surface area contributed by atoms with Crippen LogP contribution in [-0.4, -0.2) is 27.6 Å². The number of nitrogens with zero attached hydrogens (tertiary/aromatic N) is 1. The number of para-hydroxylation sites is 1. The highest BCUT2D eigenvalue weighted by Gasteiger charge is 2.19. The molecule has 1 heterocycles. The molecule has 0 radical (unpaired) electrons. The number of carbonyl (C=O) groups excluding carboxylic acids is 1. The first-order chi connectivity index (χ1) is 9.54. The molecule has 1 atom stereocenters. The minimum Gasteiger partial charge on any atom is -0.480 e. The Kier molecular flexibility index (Phi) is 4.08. The van der Waals surface area contributed by atoms with Crippen LogP contribution in [0.3, 0.4) is 0 Å². The van der Waals surface area contributed by atoms with E-state index in [0.29, 0.717) is 5.69 Å². The Hall–Kier alpha value is -2.30. The van der Waals surface area contributed by atoms with Crippen LogP contribution >= 0.6 is 0 Å². The Labute approximate surface area is 117 Å². The third kappa shape index (κ3) is 2.66. The molecule has 106 valence electrons. The number of carboxylic acids is 1. The van der Waals surface area contributed by atoms with E-state index in [0.717, 1.165) is 23.9 Å². The second kappa shape index (κ2) is 5.77. The zero-order chi connectivity index (χ0) is 14.7. The zero-order valence-electron chi connectivity index (χ0n) is 11.6. The van der Waals surface area contributed by atoms with E-state index in [4.69, 9.17) is 5.11 Å². The first-order valence-electron chi connectivity index (χ1n) is 6.66. The number of aromatic nitrogens is 1. The van der Waals surface area contributed by atoms with E-state index in [-0.39, 0.29) is 5.91 Å². The number of amides is 1. The molecule has 5 heteroatoms. The van der Waals surface area contributed by atoms with Crippen LogP contribution in [0, 0.1) is 0 Å². The molecule has 0 spiro atoms. The van der Waals surface area contributed by atoms with Crippen molar-refractivity contribution in [3.05, 3.63) is 36.0 Å². The molecule has 2 N–H and O–H groups in total. The van der Waals surface area contributed by atoms with Gasteiger partial charge in [-0.05, 0) is 25.5 Å². The van der Waals surface area contributed by atoms with Crippen molar-refractivity contribution < 1.29 is 14.7 Å². The lowest BCUT2D eigenvalue weighted by atomic mass is 10.2. The van der Waals surface area contributed by atoms with Gasteiger partial charge in [0.2, 0.25) is 0 Å². The van der Waals surface area contributed by atoms with E-state index in [9.17, 15) is 9.59 Å². The molecule has 1 aromatic carbocycles. The Morgan fingerprint density at radius 3 is 2.70 bits per heavy atom. The maximum Gasteiger partial charge on any atom is 0.325 e. The SMILES string of the molecule is CCCn1c(C(=O)N[C@@H](C)C(=O)O)cc2ccccc21. The first kappa shape index (κ1) is 14.1. The second-order valence-corrected chi connectivity index (χ2v) is 4.77. The fraction of sp³-hybridized carbons (Fsp3) is 0.333. The van der Waals surface area contributed by atoms with E-state index in [2.05, 4.69) is 5.32 Å². The fourth-order valence-electron chi connectivity index (χ4n) is 2.20. The van der Waals surface area contributed by atoms with Gasteiger partial charge in [0.25, 0.3) is 5.91 Å². The summed E-state index contributed by atoms with van der Waals surface area (Å²) in [5.74, 6) is -1.40. The highest BCUT2D eigenvalue weighted by molar-refractivity contribution is 6.00. The van der Waals surface area contributed by atoms with E-state index in [1.165, 1.54) is 6.92 Å². The summed E-state index contributed by atoms with van der Waals surface area (Å²) in [7, 11) is 0. The monoisotopic (exact) mass is 274 g/mol.